The minimum absolute atomic E-state index is 0.380. The van der Waals surface area contributed by atoms with Gasteiger partial charge >= 0.3 is 0 Å². The maximum Gasteiger partial charge on any atom is 0.123 e. The zero-order chi connectivity index (χ0) is 13.8. The molecule has 104 valence electrons. The van der Waals surface area contributed by atoms with Gasteiger partial charge < -0.3 is 10.1 Å². The van der Waals surface area contributed by atoms with Crippen LogP contribution in [0.25, 0.3) is 0 Å². The van der Waals surface area contributed by atoms with E-state index in [1.165, 1.54) is 30.4 Å². The van der Waals surface area contributed by atoms with Gasteiger partial charge in [-0.05, 0) is 30.9 Å². The summed E-state index contributed by atoms with van der Waals surface area (Å²) in [4.78, 5) is 0. The zero-order valence-electron chi connectivity index (χ0n) is 11.9. The van der Waals surface area contributed by atoms with Gasteiger partial charge in [0.1, 0.15) is 5.75 Å². The fourth-order valence-electron chi connectivity index (χ4n) is 3.08. The third-order valence-corrected chi connectivity index (χ3v) is 4.10. The largest absolute Gasteiger partial charge is 0.496 e. The number of hydrogen-bond acceptors (Lipinski definition) is 2. The number of piperidine rings is 1. The van der Waals surface area contributed by atoms with Crippen molar-refractivity contribution in [3.05, 3.63) is 65.7 Å². The molecule has 0 aliphatic carbocycles. The summed E-state index contributed by atoms with van der Waals surface area (Å²) in [5, 5.41) is 3.78. The molecule has 2 nitrogen and oxygen atoms in total. The maximum atomic E-state index is 5.50. The second-order valence-electron chi connectivity index (χ2n) is 5.36. The van der Waals surface area contributed by atoms with Crippen molar-refractivity contribution < 1.29 is 4.74 Å². The van der Waals surface area contributed by atoms with E-state index in [9.17, 15) is 0 Å². The molecular formula is C18H21NO. The highest BCUT2D eigenvalue weighted by atomic mass is 16.5. The van der Waals surface area contributed by atoms with Gasteiger partial charge in [0, 0.05) is 17.6 Å². The summed E-state index contributed by atoms with van der Waals surface area (Å²) < 4.78 is 5.50. The van der Waals surface area contributed by atoms with Gasteiger partial charge in [-0.1, -0.05) is 48.5 Å². The van der Waals surface area contributed by atoms with E-state index in [0.717, 1.165) is 5.75 Å². The molecule has 2 atom stereocenters. The molecule has 0 amide bonds. The van der Waals surface area contributed by atoms with Gasteiger partial charge in [0.15, 0.2) is 0 Å². The predicted molar refractivity (Wildman–Crippen MR) is 81.9 cm³/mol. The summed E-state index contributed by atoms with van der Waals surface area (Å²) in [6, 6.07) is 19.9. The van der Waals surface area contributed by atoms with E-state index >= 15 is 0 Å². The minimum Gasteiger partial charge on any atom is -0.496 e. The SMILES string of the molecule is COc1ccccc1[C@H]1CCC[C@@H](c2ccccc2)N1. The first-order chi connectivity index (χ1) is 9.88. The number of nitrogens with one attached hydrogen (secondary N) is 1. The Morgan fingerprint density at radius 3 is 2.40 bits per heavy atom. The number of para-hydroxylation sites is 1. The Bertz CT molecular complexity index is 552. The second-order valence-corrected chi connectivity index (χ2v) is 5.36. The van der Waals surface area contributed by atoms with Gasteiger partial charge in [0.2, 0.25) is 0 Å². The molecule has 0 bridgehead atoms. The Balaban J connectivity index is 1.82. The van der Waals surface area contributed by atoms with Crippen LogP contribution >= 0.6 is 0 Å². The van der Waals surface area contributed by atoms with Crippen LogP contribution in [0.1, 0.15) is 42.5 Å². The molecular weight excluding hydrogens is 246 g/mol. The lowest BCUT2D eigenvalue weighted by atomic mass is 9.90. The third-order valence-electron chi connectivity index (χ3n) is 4.10. The van der Waals surface area contributed by atoms with E-state index in [-0.39, 0.29) is 0 Å². The van der Waals surface area contributed by atoms with Gasteiger partial charge in [0.25, 0.3) is 0 Å². The molecule has 0 radical (unpaired) electrons. The highest BCUT2D eigenvalue weighted by Gasteiger charge is 2.24. The molecule has 1 aliphatic heterocycles. The Morgan fingerprint density at radius 1 is 0.900 bits per heavy atom. The second kappa shape index (κ2) is 6.10. The molecule has 1 heterocycles. The molecule has 1 aliphatic rings. The first-order valence-electron chi connectivity index (χ1n) is 7.32. The van der Waals surface area contributed by atoms with Crippen molar-refractivity contribution in [2.45, 2.75) is 31.3 Å². The minimum atomic E-state index is 0.380. The Kier molecular flexibility index (Phi) is 4.03. The Labute approximate surface area is 120 Å². The van der Waals surface area contributed by atoms with E-state index in [1.807, 2.05) is 12.1 Å². The summed E-state index contributed by atoms with van der Waals surface area (Å²) in [7, 11) is 1.75. The van der Waals surface area contributed by atoms with E-state index in [1.54, 1.807) is 7.11 Å². The predicted octanol–water partition coefficient (Wildman–Crippen LogP) is 4.25. The fraction of sp³-hybridized carbons (Fsp3) is 0.333. The third kappa shape index (κ3) is 2.70. The number of rotatable bonds is 3. The van der Waals surface area contributed by atoms with Crippen LogP contribution in [0, 0.1) is 0 Å². The molecule has 0 saturated carbocycles. The molecule has 20 heavy (non-hydrogen) atoms. The van der Waals surface area contributed by atoms with Gasteiger partial charge in [-0.3, -0.25) is 0 Å². The number of hydrogen-bond donors (Lipinski definition) is 1. The Morgan fingerprint density at radius 2 is 1.60 bits per heavy atom. The molecule has 0 unspecified atom stereocenters. The van der Waals surface area contributed by atoms with Crippen molar-refractivity contribution in [1.82, 2.24) is 5.32 Å². The summed E-state index contributed by atoms with van der Waals surface area (Å²) in [5.41, 5.74) is 2.66. The van der Waals surface area contributed by atoms with Crippen LogP contribution in [-0.2, 0) is 0 Å². The van der Waals surface area contributed by atoms with Gasteiger partial charge in [-0.2, -0.15) is 0 Å². The molecule has 2 heteroatoms. The van der Waals surface area contributed by atoms with E-state index in [4.69, 9.17) is 4.74 Å². The van der Waals surface area contributed by atoms with Crippen LogP contribution in [0.3, 0.4) is 0 Å². The number of ether oxygens (including phenoxy) is 1. The molecule has 0 aromatic heterocycles. The lowest BCUT2D eigenvalue weighted by Gasteiger charge is -2.32. The smallest absolute Gasteiger partial charge is 0.123 e. The molecule has 2 aromatic carbocycles. The van der Waals surface area contributed by atoms with E-state index in [0.29, 0.717) is 12.1 Å². The highest BCUT2D eigenvalue weighted by Crippen LogP contribution is 2.35. The van der Waals surface area contributed by atoms with Crippen LogP contribution in [0.4, 0.5) is 0 Å². The summed E-state index contributed by atoms with van der Waals surface area (Å²) in [6.07, 6.45) is 3.62. The summed E-state index contributed by atoms with van der Waals surface area (Å²) >= 11 is 0. The van der Waals surface area contributed by atoms with Crippen LogP contribution in [0.5, 0.6) is 5.75 Å². The molecule has 3 rings (SSSR count). The van der Waals surface area contributed by atoms with Gasteiger partial charge in [0.05, 0.1) is 7.11 Å². The lowest BCUT2D eigenvalue weighted by Crippen LogP contribution is -2.30. The number of benzene rings is 2. The normalized spacial score (nSPS) is 22.4. The average molecular weight is 267 g/mol. The van der Waals surface area contributed by atoms with Crippen LogP contribution in [0.2, 0.25) is 0 Å². The van der Waals surface area contributed by atoms with Crippen molar-refractivity contribution in [1.29, 1.82) is 0 Å². The average Bonchev–Trinajstić information content (AvgIpc) is 2.56. The quantitative estimate of drug-likeness (QED) is 0.897. The number of methoxy groups -OCH3 is 1. The van der Waals surface area contributed by atoms with E-state index < -0.39 is 0 Å². The monoisotopic (exact) mass is 267 g/mol. The molecule has 1 N–H and O–H groups in total. The molecule has 1 fully saturated rings. The zero-order valence-corrected chi connectivity index (χ0v) is 11.9. The van der Waals surface area contributed by atoms with E-state index in [2.05, 4.69) is 47.8 Å². The molecule has 2 aromatic rings. The van der Waals surface area contributed by atoms with Crippen LogP contribution < -0.4 is 10.1 Å². The lowest BCUT2D eigenvalue weighted by molar-refractivity contribution is 0.319. The maximum absolute atomic E-state index is 5.50. The molecule has 0 spiro atoms. The van der Waals surface area contributed by atoms with Gasteiger partial charge in [-0.15, -0.1) is 0 Å². The topological polar surface area (TPSA) is 21.3 Å². The van der Waals surface area contributed by atoms with Crippen molar-refractivity contribution >= 4 is 0 Å². The van der Waals surface area contributed by atoms with Crippen LogP contribution in [0.15, 0.2) is 54.6 Å². The molecule has 1 saturated heterocycles. The Hall–Kier alpha value is -1.80. The van der Waals surface area contributed by atoms with Crippen molar-refractivity contribution in [3.8, 4) is 5.75 Å². The summed E-state index contributed by atoms with van der Waals surface area (Å²) in [6.45, 7) is 0. The highest BCUT2D eigenvalue weighted by molar-refractivity contribution is 5.36. The summed E-state index contributed by atoms with van der Waals surface area (Å²) in [5.74, 6) is 0.985. The fourth-order valence-corrected chi connectivity index (χ4v) is 3.08. The first-order valence-corrected chi connectivity index (χ1v) is 7.32. The van der Waals surface area contributed by atoms with Crippen LogP contribution in [-0.4, -0.2) is 7.11 Å². The van der Waals surface area contributed by atoms with Crippen molar-refractivity contribution in [2.75, 3.05) is 7.11 Å². The van der Waals surface area contributed by atoms with Gasteiger partial charge in [-0.25, -0.2) is 0 Å². The standard InChI is InChI=1S/C18H21NO/c1-20-18-13-6-5-10-15(18)17-12-7-11-16(19-17)14-8-3-2-4-9-14/h2-6,8-10,13,16-17,19H,7,11-12H2,1H3/t16-,17+/m0/s1. The van der Waals surface area contributed by atoms with Crippen molar-refractivity contribution in [2.24, 2.45) is 0 Å². The van der Waals surface area contributed by atoms with Crippen molar-refractivity contribution in [3.63, 3.8) is 0 Å². The first kappa shape index (κ1) is 13.2.